The minimum absolute atomic E-state index is 0.171. The van der Waals surface area contributed by atoms with Crippen molar-refractivity contribution in [1.29, 1.82) is 0 Å². The van der Waals surface area contributed by atoms with E-state index in [-0.39, 0.29) is 5.54 Å². The largest absolute Gasteiger partial charge is 0.308 e. The van der Waals surface area contributed by atoms with Gasteiger partial charge in [0, 0.05) is 12.1 Å². The molecular weight excluding hydrogens is 230 g/mol. The first kappa shape index (κ1) is 16.0. The van der Waals surface area contributed by atoms with Crippen LogP contribution >= 0.6 is 0 Å². The molecule has 1 N–H and O–H groups in total. The first-order chi connectivity index (χ1) is 8.79. The van der Waals surface area contributed by atoms with Gasteiger partial charge in [-0.1, -0.05) is 62.8 Å². The van der Waals surface area contributed by atoms with Gasteiger partial charge in [0.25, 0.3) is 0 Å². The highest BCUT2D eigenvalue weighted by atomic mass is 14.9. The van der Waals surface area contributed by atoms with Crippen LogP contribution in [0, 0.1) is 5.92 Å². The Balaban J connectivity index is 2.78. The molecule has 0 saturated carbocycles. The summed E-state index contributed by atoms with van der Waals surface area (Å²) in [4.78, 5) is 0. The van der Waals surface area contributed by atoms with Crippen molar-refractivity contribution < 1.29 is 0 Å². The summed E-state index contributed by atoms with van der Waals surface area (Å²) < 4.78 is 0. The maximum atomic E-state index is 3.59. The summed E-state index contributed by atoms with van der Waals surface area (Å²) >= 11 is 0. The van der Waals surface area contributed by atoms with Gasteiger partial charge in [0.1, 0.15) is 0 Å². The van der Waals surface area contributed by atoms with Crippen LogP contribution in [0.4, 0.5) is 0 Å². The van der Waals surface area contributed by atoms with Gasteiger partial charge < -0.3 is 5.32 Å². The van der Waals surface area contributed by atoms with Crippen molar-refractivity contribution in [2.45, 2.75) is 53.0 Å². The average molecular weight is 259 g/mol. The van der Waals surface area contributed by atoms with Crippen molar-refractivity contribution in [1.82, 2.24) is 5.32 Å². The smallest absolute Gasteiger partial charge is 0.0172 e. The molecule has 0 spiro atoms. The lowest BCUT2D eigenvalue weighted by molar-refractivity contribution is 0.435. The van der Waals surface area contributed by atoms with E-state index >= 15 is 0 Å². The Bertz CT molecular complexity index is 395. The molecular formula is C18H29N. The fraction of sp³-hybridized carbons (Fsp3) is 0.556. The van der Waals surface area contributed by atoms with E-state index in [1.807, 2.05) is 0 Å². The zero-order chi connectivity index (χ0) is 14.5. The van der Waals surface area contributed by atoms with E-state index in [0.717, 1.165) is 6.54 Å². The fourth-order valence-electron chi connectivity index (χ4n) is 2.00. The lowest BCUT2D eigenvalue weighted by atomic mass is 9.93. The molecule has 0 aromatic heterocycles. The maximum absolute atomic E-state index is 3.59. The molecule has 0 aliphatic heterocycles. The van der Waals surface area contributed by atoms with Crippen LogP contribution in [0.5, 0.6) is 0 Å². The molecule has 0 radical (unpaired) electrons. The summed E-state index contributed by atoms with van der Waals surface area (Å²) in [5.41, 5.74) is 3.05. The van der Waals surface area contributed by atoms with Crippen LogP contribution in [0.1, 0.15) is 53.0 Å². The van der Waals surface area contributed by atoms with Crippen LogP contribution in [0.3, 0.4) is 0 Å². The number of allylic oxidation sites excluding steroid dienone is 1. The minimum Gasteiger partial charge on any atom is -0.308 e. The number of nitrogens with one attached hydrogen (secondary N) is 1. The van der Waals surface area contributed by atoms with E-state index in [1.54, 1.807) is 0 Å². The number of hydrogen-bond acceptors (Lipinski definition) is 1. The molecule has 0 aliphatic carbocycles. The van der Waals surface area contributed by atoms with E-state index in [4.69, 9.17) is 0 Å². The first-order valence-electron chi connectivity index (χ1n) is 7.30. The first-order valence-corrected chi connectivity index (χ1v) is 7.30. The molecule has 1 aromatic rings. The van der Waals surface area contributed by atoms with E-state index in [9.17, 15) is 0 Å². The van der Waals surface area contributed by atoms with Gasteiger partial charge >= 0.3 is 0 Å². The Morgan fingerprint density at radius 1 is 1.11 bits per heavy atom. The van der Waals surface area contributed by atoms with E-state index in [2.05, 4.69) is 83.3 Å². The molecule has 1 rings (SSSR count). The third-order valence-corrected chi connectivity index (χ3v) is 3.35. The molecule has 0 fully saturated rings. The van der Waals surface area contributed by atoms with Gasteiger partial charge in [0.2, 0.25) is 0 Å². The second-order valence-corrected chi connectivity index (χ2v) is 6.70. The third-order valence-electron chi connectivity index (χ3n) is 3.35. The molecule has 0 aliphatic rings. The molecule has 0 heterocycles. The SMILES string of the molecule is CC(C)/C(=C/C(C)c1ccccc1)CNC(C)(C)C. The molecule has 0 saturated heterocycles. The Kier molecular flexibility index (Phi) is 5.81. The molecule has 106 valence electrons. The Hall–Kier alpha value is -1.08. The highest BCUT2D eigenvalue weighted by Crippen LogP contribution is 2.21. The van der Waals surface area contributed by atoms with Crippen molar-refractivity contribution in [3.8, 4) is 0 Å². The minimum atomic E-state index is 0.171. The number of rotatable bonds is 5. The molecule has 1 heteroatoms. The second-order valence-electron chi connectivity index (χ2n) is 6.70. The van der Waals surface area contributed by atoms with Gasteiger partial charge in [-0.3, -0.25) is 0 Å². The van der Waals surface area contributed by atoms with Gasteiger partial charge in [-0.25, -0.2) is 0 Å². The standard InChI is InChI=1S/C18H29N/c1-14(2)17(13-19-18(4,5)6)12-15(3)16-10-8-7-9-11-16/h7-12,14-15,19H,13H2,1-6H3/b17-12+. The molecule has 1 atom stereocenters. The van der Waals surface area contributed by atoms with Gasteiger partial charge in [-0.05, 0) is 38.2 Å². The Morgan fingerprint density at radius 2 is 1.68 bits per heavy atom. The van der Waals surface area contributed by atoms with Crippen LogP contribution in [0.25, 0.3) is 0 Å². The summed E-state index contributed by atoms with van der Waals surface area (Å²) in [5.74, 6) is 1.06. The second kappa shape index (κ2) is 6.91. The number of hydrogen-bond donors (Lipinski definition) is 1. The quantitative estimate of drug-likeness (QED) is 0.752. The maximum Gasteiger partial charge on any atom is 0.0172 e. The monoisotopic (exact) mass is 259 g/mol. The normalized spacial score (nSPS) is 14.8. The molecule has 1 aromatic carbocycles. The van der Waals surface area contributed by atoms with Crippen LogP contribution in [0.2, 0.25) is 0 Å². The van der Waals surface area contributed by atoms with Gasteiger partial charge in [-0.2, -0.15) is 0 Å². The third kappa shape index (κ3) is 6.07. The predicted molar refractivity (Wildman–Crippen MR) is 85.5 cm³/mol. The predicted octanol–water partition coefficient (Wildman–Crippen LogP) is 4.76. The summed E-state index contributed by atoms with van der Waals surface area (Å²) in [6.45, 7) is 14.4. The van der Waals surface area contributed by atoms with Crippen molar-refractivity contribution in [2.24, 2.45) is 5.92 Å². The van der Waals surface area contributed by atoms with Crippen LogP contribution in [-0.4, -0.2) is 12.1 Å². The van der Waals surface area contributed by atoms with Gasteiger partial charge in [0.15, 0.2) is 0 Å². The van der Waals surface area contributed by atoms with Gasteiger partial charge in [0.05, 0.1) is 0 Å². The van der Waals surface area contributed by atoms with Crippen LogP contribution in [0.15, 0.2) is 42.0 Å². The topological polar surface area (TPSA) is 12.0 Å². The van der Waals surface area contributed by atoms with E-state index < -0.39 is 0 Å². The summed E-state index contributed by atoms with van der Waals surface area (Å²) in [7, 11) is 0. The molecule has 0 bridgehead atoms. The highest BCUT2D eigenvalue weighted by Gasteiger charge is 2.12. The van der Waals surface area contributed by atoms with Crippen molar-refractivity contribution in [2.75, 3.05) is 6.54 Å². The molecule has 1 unspecified atom stereocenters. The summed E-state index contributed by atoms with van der Waals surface area (Å²) in [5, 5.41) is 3.59. The molecule has 0 amide bonds. The van der Waals surface area contributed by atoms with Crippen molar-refractivity contribution in [3.63, 3.8) is 0 Å². The Labute approximate surface area is 119 Å². The zero-order valence-corrected chi connectivity index (χ0v) is 13.3. The van der Waals surface area contributed by atoms with Crippen LogP contribution < -0.4 is 5.32 Å². The average Bonchev–Trinajstić information content (AvgIpc) is 2.33. The van der Waals surface area contributed by atoms with Crippen molar-refractivity contribution >= 4 is 0 Å². The lowest BCUT2D eigenvalue weighted by Crippen LogP contribution is -2.37. The fourth-order valence-corrected chi connectivity index (χ4v) is 2.00. The summed E-state index contributed by atoms with van der Waals surface area (Å²) in [6, 6.07) is 10.7. The van der Waals surface area contributed by atoms with Gasteiger partial charge in [-0.15, -0.1) is 0 Å². The lowest BCUT2D eigenvalue weighted by Gasteiger charge is -2.24. The number of benzene rings is 1. The zero-order valence-electron chi connectivity index (χ0n) is 13.3. The highest BCUT2D eigenvalue weighted by molar-refractivity contribution is 5.25. The molecule has 19 heavy (non-hydrogen) atoms. The summed E-state index contributed by atoms with van der Waals surface area (Å²) in [6.07, 6.45) is 2.42. The van der Waals surface area contributed by atoms with E-state index in [1.165, 1.54) is 11.1 Å². The van der Waals surface area contributed by atoms with Crippen molar-refractivity contribution in [3.05, 3.63) is 47.5 Å². The molecule has 1 nitrogen and oxygen atoms in total. The Morgan fingerprint density at radius 3 is 2.16 bits per heavy atom. The van der Waals surface area contributed by atoms with E-state index in [0.29, 0.717) is 11.8 Å². The van der Waals surface area contributed by atoms with Crippen LogP contribution in [-0.2, 0) is 0 Å².